The van der Waals surface area contributed by atoms with Gasteiger partial charge in [-0.1, -0.05) is 17.7 Å². The van der Waals surface area contributed by atoms with Gasteiger partial charge in [0.15, 0.2) is 0 Å². The van der Waals surface area contributed by atoms with Crippen LogP contribution in [0.4, 0.5) is 5.69 Å². The van der Waals surface area contributed by atoms with E-state index < -0.39 is 0 Å². The quantitative estimate of drug-likeness (QED) is 0.801. The van der Waals surface area contributed by atoms with Crippen LogP contribution in [-0.4, -0.2) is 61.0 Å². The van der Waals surface area contributed by atoms with Gasteiger partial charge in [0.05, 0.1) is 13.2 Å². The van der Waals surface area contributed by atoms with Crippen molar-refractivity contribution in [3.8, 4) is 5.88 Å². The van der Waals surface area contributed by atoms with E-state index in [-0.39, 0.29) is 18.4 Å². The van der Waals surface area contributed by atoms with E-state index >= 15 is 0 Å². The van der Waals surface area contributed by atoms with E-state index in [1.165, 1.54) is 6.20 Å². The minimum atomic E-state index is -0.325. The minimum Gasteiger partial charge on any atom is -0.478 e. The zero-order valence-electron chi connectivity index (χ0n) is 15.7. The monoisotopic (exact) mass is 402 g/mol. The van der Waals surface area contributed by atoms with Crippen LogP contribution in [0.3, 0.4) is 0 Å². The van der Waals surface area contributed by atoms with E-state index in [2.05, 4.69) is 15.2 Å². The summed E-state index contributed by atoms with van der Waals surface area (Å²) in [6, 6.07) is 10.8. The molecule has 0 bridgehead atoms. The third kappa shape index (κ3) is 5.13. The Morgan fingerprint density at radius 1 is 1.18 bits per heavy atom. The summed E-state index contributed by atoms with van der Waals surface area (Å²) < 4.78 is 5.29. The van der Waals surface area contributed by atoms with Gasteiger partial charge in [0.2, 0.25) is 11.8 Å². The fraction of sp³-hybridized carbons (Fsp3) is 0.350. The average Bonchev–Trinajstić information content (AvgIpc) is 2.72. The van der Waals surface area contributed by atoms with Crippen LogP contribution in [0.25, 0.3) is 0 Å². The number of pyridine rings is 1. The van der Waals surface area contributed by atoms with E-state index in [0.717, 1.165) is 18.8 Å². The zero-order valence-corrected chi connectivity index (χ0v) is 16.5. The van der Waals surface area contributed by atoms with Crippen LogP contribution in [0.2, 0.25) is 5.02 Å². The van der Waals surface area contributed by atoms with Crippen LogP contribution < -0.4 is 15.0 Å². The molecule has 1 aromatic carbocycles. The predicted molar refractivity (Wildman–Crippen MR) is 108 cm³/mol. The van der Waals surface area contributed by atoms with Crippen LogP contribution in [0, 0.1) is 0 Å². The van der Waals surface area contributed by atoms with E-state index in [9.17, 15) is 9.59 Å². The number of ether oxygens (including phenoxy) is 1. The zero-order chi connectivity index (χ0) is 19.9. The Bertz CT molecular complexity index is 838. The number of halogens is 1. The summed E-state index contributed by atoms with van der Waals surface area (Å²) in [4.78, 5) is 32.7. The number of piperazine rings is 1. The fourth-order valence-corrected chi connectivity index (χ4v) is 3.22. The van der Waals surface area contributed by atoms with Gasteiger partial charge in [0, 0.05) is 54.7 Å². The summed E-state index contributed by atoms with van der Waals surface area (Å²) >= 11 is 6.05. The molecule has 7 nitrogen and oxygen atoms in total. The van der Waals surface area contributed by atoms with E-state index in [0.29, 0.717) is 36.2 Å². The summed E-state index contributed by atoms with van der Waals surface area (Å²) in [5.41, 5.74) is 1.47. The van der Waals surface area contributed by atoms with Crippen LogP contribution in [0.1, 0.15) is 17.3 Å². The summed E-state index contributed by atoms with van der Waals surface area (Å²) in [7, 11) is 0. The number of aromatic nitrogens is 1. The highest BCUT2D eigenvalue weighted by Gasteiger charge is 2.22. The molecule has 1 N–H and O–H groups in total. The highest BCUT2D eigenvalue weighted by Crippen LogP contribution is 2.20. The van der Waals surface area contributed by atoms with Crippen molar-refractivity contribution in [2.24, 2.45) is 0 Å². The molecule has 3 rings (SSSR count). The average molecular weight is 403 g/mol. The van der Waals surface area contributed by atoms with Crippen LogP contribution in [0.5, 0.6) is 5.88 Å². The number of carbonyl (C=O) groups is 2. The van der Waals surface area contributed by atoms with Crippen molar-refractivity contribution in [1.82, 2.24) is 15.2 Å². The van der Waals surface area contributed by atoms with Gasteiger partial charge in [-0.3, -0.25) is 9.59 Å². The number of rotatable bonds is 6. The molecule has 1 saturated heterocycles. The Balaban J connectivity index is 1.48. The predicted octanol–water partition coefficient (Wildman–Crippen LogP) is 2.21. The third-order valence-electron chi connectivity index (χ3n) is 4.50. The lowest BCUT2D eigenvalue weighted by Gasteiger charge is -2.36. The molecule has 28 heavy (non-hydrogen) atoms. The van der Waals surface area contributed by atoms with E-state index in [4.69, 9.17) is 16.3 Å². The molecule has 0 saturated carbocycles. The van der Waals surface area contributed by atoms with Crippen molar-refractivity contribution in [2.45, 2.75) is 6.92 Å². The topological polar surface area (TPSA) is 74.8 Å². The number of nitrogens with zero attached hydrogens (tertiary/aromatic N) is 3. The minimum absolute atomic E-state index is 0.0394. The Hall–Kier alpha value is -2.80. The molecule has 0 radical (unpaired) electrons. The molecule has 2 heterocycles. The standard InChI is InChI=1S/C20H23ClN4O3/c1-2-28-18-12-15(6-7-22-18)20(27)23-14-19(26)25-10-8-24(9-11-25)17-5-3-4-16(21)13-17/h3-7,12-13H,2,8-11,14H2,1H3,(H,23,27). The number of nitrogens with one attached hydrogen (secondary N) is 1. The summed E-state index contributed by atoms with van der Waals surface area (Å²) in [5, 5.41) is 3.37. The van der Waals surface area contributed by atoms with Crippen molar-refractivity contribution in [2.75, 3.05) is 44.2 Å². The molecule has 1 aromatic heterocycles. The first-order valence-corrected chi connectivity index (χ1v) is 9.60. The molecule has 148 valence electrons. The lowest BCUT2D eigenvalue weighted by atomic mass is 10.2. The van der Waals surface area contributed by atoms with E-state index in [1.54, 1.807) is 17.0 Å². The Kier molecular flexibility index (Phi) is 6.71. The van der Waals surface area contributed by atoms with Gasteiger partial charge in [-0.25, -0.2) is 4.98 Å². The number of benzene rings is 1. The van der Waals surface area contributed by atoms with Gasteiger partial charge in [0.1, 0.15) is 0 Å². The second kappa shape index (κ2) is 9.41. The number of amides is 2. The molecule has 8 heteroatoms. The maximum atomic E-state index is 12.4. The molecule has 1 aliphatic heterocycles. The Morgan fingerprint density at radius 2 is 1.96 bits per heavy atom. The first-order chi connectivity index (χ1) is 13.6. The molecule has 1 aliphatic rings. The van der Waals surface area contributed by atoms with Crippen molar-refractivity contribution >= 4 is 29.1 Å². The largest absolute Gasteiger partial charge is 0.478 e. The van der Waals surface area contributed by atoms with Gasteiger partial charge in [-0.2, -0.15) is 0 Å². The van der Waals surface area contributed by atoms with Crippen LogP contribution in [-0.2, 0) is 4.79 Å². The summed E-state index contributed by atoms with van der Waals surface area (Å²) in [6.45, 7) is 4.93. The number of anilines is 1. The van der Waals surface area contributed by atoms with Gasteiger partial charge in [-0.15, -0.1) is 0 Å². The van der Waals surface area contributed by atoms with Crippen molar-refractivity contribution in [3.05, 3.63) is 53.2 Å². The van der Waals surface area contributed by atoms with Crippen LogP contribution >= 0.6 is 11.6 Å². The van der Waals surface area contributed by atoms with Crippen LogP contribution in [0.15, 0.2) is 42.6 Å². The highest BCUT2D eigenvalue weighted by molar-refractivity contribution is 6.30. The fourth-order valence-electron chi connectivity index (χ4n) is 3.03. The van der Waals surface area contributed by atoms with Crippen molar-refractivity contribution in [1.29, 1.82) is 0 Å². The Labute approximate surface area is 169 Å². The van der Waals surface area contributed by atoms with Crippen molar-refractivity contribution < 1.29 is 14.3 Å². The lowest BCUT2D eigenvalue weighted by molar-refractivity contribution is -0.130. The Morgan fingerprint density at radius 3 is 2.68 bits per heavy atom. The molecule has 0 atom stereocenters. The van der Waals surface area contributed by atoms with E-state index in [1.807, 2.05) is 31.2 Å². The summed E-state index contributed by atoms with van der Waals surface area (Å²) in [6.07, 6.45) is 1.51. The molecule has 2 amide bonds. The van der Waals surface area contributed by atoms with Crippen molar-refractivity contribution in [3.63, 3.8) is 0 Å². The molecule has 2 aromatic rings. The first-order valence-electron chi connectivity index (χ1n) is 9.22. The number of hydrogen-bond acceptors (Lipinski definition) is 5. The smallest absolute Gasteiger partial charge is 0.251 e. The highest BCUT2D eigenvalue weighted by atomic mass is 35.5. The molecular formula is C20H23ClN4O3. The number of hydrogen-bond donors (Lipinski definition) is 1. The molecular weight excluding hydrogens is 380 g/mol. The van der Waals surface area contributed by atoms with Gasteiger partial charge in [-0.05, 0) is 31.2 Å². The second-order valence-corrected chi connectivity index (χ2v) is 6.78. The first kappa shape index (κ1) is 19.9. The third-order valence-corrected chi connectivity index (χ3v) is 4.73. The van der Waals surface area contributed by atoms with Gasteiger partial charge in [0.25, 0.3) is 5.91 Å². The maximum absolute atomic E-state index is 12.4. The molecule has 0 unspecified atom stereocenters. The van der Waals surface area contributed by atoms with Gasteiger partial charge < -0.3 is 19.9 Å². The number of carbonyl (C=O) groups excluding carboxylic acids is 2. The molecule has 0 spiro atoms. The second-order valence-electron chi connectivity index (χ2n) is 6.35. The lowest BCUT2D eigenvalue weighted by Crippen LogP contribution is -2.51. The normalized spacial score (nSPS) is 13.9. The molecule has 0 aliphatic carbocycles. The summed E-state index contributed by atoms with van der Waals surface area (Å²) in [5.74, 6) is -0.0361. The molecule has 1 fully saturated rings. The maximum Gasteiger partial charge on any atom is 0.251 e. The van der Waals surface area contributed by atoms with Gasteiger partial charge >= 0.3 is 0 Å². The SMILES string of the molecule is CCOc1cc(C(=O)NCC(=O)N2CCN(c3cccc(Cl)c3)CC2)ccn1.